The number of rotatable bonds is 6. The first-order valence-corrected chi connectivity index (χ1v) is 8.85. The van der Waals surface area contributed by atoms with E-state index in [4.69, 9.17) is 27.9 Å². The second-order valence-corrected chi connectivity index (χ2v) is 6.77. The molecule has 3 aromatic rings. The van der Waals surface area contributed by atoms with E-state index in [0.29, 0.717) is 26.9 Å². The van der Waals surface area contributed by atoms with Crippen molar-refractivity contribution in [3.8, 4) is 11.5 Å². The van der Waals surface area contributed by atoms with Crippen molar-refractivity contribution in [3.05, 3.63) is 93.2 Å². The molecular weight excluding hydrogens is 390 g/mol. The molecule has 3 aromatic carbocycles. The molecule has 0 unspecified atom stereocenters. The van der Waals surface area contributed by atoms with Crippen molar-refractivity contribution in [1.29, 1.82) is 0 Å². The summed E-state index contributed by atoms with van der Waals surface area (Å²) in [6, 6.07) is 15.2. The van der Waals surface area contributed by atoms with E-state index >= 15 is 0 Å². The van der Waals surface area contributed by atoms with Crippen molar-refractivity contribution in [2.75, 3.05) is 0 Å². The molecule has 0 saturated carbocycles. The van der Waals surface area contributed by atoms with E-state index in [0.717, 1.165) is 0 Å². The summed E-state index contributed by atoms with van der Waals surface area (Å²) in [5, 5.41) is 11.2. The minimum atomic E-state index is -0.365. The van der Waals surface area contributed by atoms with Crippen LogP contribution in [0.25, 0.3) is 0 Å². The SMILES string of the molecule is O=C(Cc1ccc(F)cc1)c1ccc(OCc2cc(Cl)ccc2Cl)cc1O. The minimum Gasteiger partial charge on any atom is -0.507 e. The molecule has 0 fully saturated rings. The van der Waals surface area contributed by atoms with Crippen molar-refractivity contribution in [2.24, 2.45) is 0 Å². The van der Waals surface area contributed by atoms with E-state index in [1.165, 1.54) is 36.4 Å². The van der Waals surface area contributed by atoms with Crippen LogP contribution in [0.1, 0.15) is 21.5 Å². The van der Waals surface area contributed by atoms with Gasteiger partial charge in [-0.1, -0.05) is 35.3 Å². The summed E-state index contributed by atoms with van der Waals surface area (Å²) in [7, 11) is 0. The van der Waals surface area contributed by atoms with Crippen LogP contribution in [0.5, 0.6) is 11.5 Å². The molecule has 0 aromatic heterocycles. The van der Waals surface area contributed by atoms with Gasteiger partial charge in [-0.15, -0.1) is 0 Å². The Morgan fingerprint density at radius 2 is 1.74 bits per heavy atom. The lowest BCUT2D eigenvalue weighted by molar-refractivity contribution is 0.0990. The van der Waals surface area contributed by atoms with Crippen LogP contribution in [-0.2, 0) is 13.0 Å². The Bertz CT molecular complexity index is 972. The number of carbonyl (C=O) groups excluding carboxylic acids is 1. The van der Waals surface area contributed by atoms with Crippen molar-refractivity contribution >= 4 is 29.0 Å². The fourth-order valence-electron chi connectivity index (χ4n) is 2.53. The van der Waals surface area contributed by atoms with Crippen LogP contribution >= 0.6 is 23.2 Å². The molecule has 6 heteroatoms. The Morgan fingerprint density at radius 3 is 2.44 bits per heavy atom. The van der Waals surface area contributed by atoms with Crippen LogP contribution in [0.2, 0.25) is 10.0 Å². The summed E-state index contributed by atoms with van der Waals surface area (Å²) in [4.78, 5) is 12.4. The predicted octanol–water partition coefficient (Wildman–Crippen LogP) is 5.84. The lowest BCUT2D eigenvalue weighted by Gasteiger charge is -2.10. The molecule has 0 aliphatic rings. The van der Waals surface area contributed by atoms with Crippen molar-refractivity contribution in [3.63, 3.8) is 0 Å². The fraction of sp³-hybridized carbons (Fsp3) is 0.0952. The number of phenols is 1. The highest BCUT2D eigenvalue weighted by Crippen LogP contribution is 2.27. The molecule has 0 heterocycles. The number of ketones is 1. The van der Waals surface area contributed by atoms with E-state index in [-0.39, 0.29) is 35.9 Å². The number of carbonyl (C=O) groups is 1. The third-order valence-electron chi connectivity index (χ3n) is 3.95. The number of Topliss-reactive ketones (excluding diaryl/α,β-unsaturated/α-hetero) is 1. The third-order valence-corrected chi connectivity index (χ3v) is 4.55. The number of hydrogen-bond acceptors (Lipinski definition) is 3. The van der Waals surface area contributed by atoms with Gasteiger partial charge in [0.1, 0.15) is 23.9 Å². The molecule has 0 aliphatic heterocycles. The zero-order valence-electron chi connectivity index (χ0n) is 14.1. The number of phenolic OH excluding ortho intramolecular Hbond substituents is 1. The molecule has 0 bridgehead atoms. The standard InChI is InChI=1S/C21H15Cl2FO3/c22-15-3-8-19(23)14(10-15)12-27-17-6-7-18(21(26)11-17)20(25)9-13-1-4-16(24)5-2-13/h1-8,10-11,26H,9,12H2. The molecular formula is C21H15Cl2FO3. The molecule has 0 aliphatic carbocycles. The minimum absolute atomic E-state index is 0.0617. The summed E-state index contributed by atoms with van der Waals surface area (Å²) >= 11 is 12.0. The van der Waals surface area contributed by atoms with Gasteiger partial charge in [0.15, 0.2) is 5.78 Å². The monoisotopic (exact) mass is 404 g/mol. The molecule has 0 radical (unpaired) electrons. The van der Waals surface area contributed by atoms with Gasteiger partial charge < -0.3 is 9.84 Å². The number of aromatic hydroxyl groups is 1. The molecule has 1 N–H and O–H groups in total. The van der Waals surface area contributed by atoms with Crippen LogP contribution in [0.4, 0.5) is 4.39 Å². The first kappa shape index (κ1) is 19.2. The van der Waals surface area contributed by atoms with E-state index < -0.39 is 0 Å². The maximum Gasteiger partial charge on any atom is 0.170 e. The second-order valence-electron chi connectivity index (χ2n) is 5.93. The molecule has 0 saturated heterocycles. The summed E-state index contributed by atoms with van der Waals surface area (Å²) in [6.45, 7) is 0.168. The quantitative estimate of drug-likeness (QED) is 0.524. The zero-order chi connectivity index (χ0) is 19.4. The maximum atomic E-state index is 12.9. The Kier molecular flexibility index (Phi) is 5.99. The number of benzene rings is 3. The van der Waals surface area contributed by atoms with Crippen LogP contribution < -0.4 is 4.74 Å². The summed E-state index contributed by atoms with van der Waals surface area (Å²) in [5.41, 5.74) is 1.55. The fourth-order valence-corrected chi connectivity index (χ4v) is 2.90. The second kappa shape index (κ2) is 8.42. The molecule has 0 atom stereocenters. The highest BCUT2D eigenvalue weighted by atomic mass is 35.5. The van der Waals surface area contributed by atoms with E-state index in [9.17, 15) is 14.3 Å². The maximum absolute atomic E-state index is 12.9. The highest BCUT2D eigenvalue weighted by molar-refractivity contribution is 6.33. The van der Waals surface area contributed by atoms with Crippen LogP contribution in [0.15, 0.2) is 60.7 Å². The van der Waals surface area contributed by atoms with Crippen molar-refractivity contribution in [1.82, 2.24) is 0 Å². The highest BCUT2D eigenvalue weighted by Gasteiger charge is 2.13. The van der Waals surface area contributed by atoms with Gasteiger partial charge in [0.05, 0.1) is 5.56 Å². The van der Waals surface area contributed by atoms with Gasteiger partial charge in [-0.05, 0) is 48.0 Å². The largest absolute Gasteiger partial charge is 0.507 e. The van der Waals surface area contributed by atoms with E-state index in [2.05, 4.69) is 0 Å². The van der Waals surface area contributed by atoms with Gasteiger partial charge in [0.25, 0.3) is 0 Å². The average molecular weight is 405 g/mol. The lowest BCUT2D eigenvalue weighted by Crippen LogP contribution is -2.04. The summed E-state index contributed by atoms with van der Waals surface area (Å²) < 4.78 is 18.6. The molecule has 138 valence electrons. The molecule has 3 rings (SSSR count). The van der Waals surface area contributed by atoms with Crippen LogP contribution in [0.3, 0.4) is 0 Å². The normalized spacial score (nSPS) is 10.6. The topological polar surface area (TPSA) is 46.5 Å². The third kappa shape index (κ3) is 5.00. The summed E-state index contributed by atoms with van der Waals surface area (Å²) in [5.74, 6) is -0.433. The van der Waals surface area contributed by atoms with Gasteiger partial charge in [-0.25, -0.2) is 4.39 Å². The number of ether oxygens (including phenoxy) is 1. The number of hydrogen-bond donors (Lipinski definition) is 1. The smallest absolute Gasteiger partial charge is 0.170 e. The predicted molar refractivity (Wildman–Crippen MR) is 103 cm³/mol. The van der Waals surface area contributed by atoms with Gasteiger partial charge >= 0.3 is 0 Å². The Morgan fingerprint density at radius 1 is 1.00 bits per heavy atom. The number of halogens is 3. The Labute approximate surface area is 165 Å². The van der Waals surface area contributed by atoms with E-state index in [1.54, 1.807) is 24.3 Å². The van der Waals surface area contributed by atoms with E-state index in [1.807, 2.05) is 0 Å². The van der Waals surface area contributed by atoms with Gasteiger partial charge in [0, 0.05) is 28.1 Å². The zero-order valence-corrected chi connectivity index (χ0v) is 15.6. The first-order chi connectivity index (χ1) is 12.9. The van der Waals surface area contributed by atoms with Crippen LogP contribution in [-0.4, -0.2) is 10.9 Å². The van der Waals surface area contributed by atoms with Crippen LogP contribution in [0, 0.1) is 5.82 Å². The van der Waals surface area contributed by atoms with Gasteiger partial charge in [-0.3, -0.25) is 4.79 Å². The lowest BCUT2D eigenvalue weighted by atomic mass is 10.0. The average Bonchev–Trinajstić information content (AvgIpc) is 2.64. The van der Waals surface area contributed by atoms with Crippen molar-refractivity contribution < 1.29 is 19.0 Å². The van der Waals surface area contributed by atoms with Gasteiger partial charge in [0.2, 0.25) is 0 Å². The molecule has 3 nitrogen and oxygen atoms in total. The Hall–Kier alpha value is -2.56. The molecule has 27 heavy (non-hydrogen) atoms. The van der Waals surface area contributed by atoms with Gasteiger partial charge in [-0.2, -0.15) is 0 Å². The Balaban J connectivity index is 1.68. The first-order valence-electron chi connectivity index (χ1n) is 8.10. The molecule has 0 amide bonds. The molecule has 0 spiro atoms. The summed E-state index contributed by atoms with van der Waals surface area (Å²) in [6.07, 6.45) is 0.0617. The van der Waals surface area contributed by atoms with Crippen molar-refractivity contribution in [2.45, 2.75) is 13.0 Å².